The number of phenols is 1. The molecule has 2 aromatic carbocycles. The standard InChI is InChI=1S/C20H21NO2/c1-15(22)19(16-7-3-2-4-8-16)13-17-9-10-18(14-20(17)23)21-11-5-6-12-21/h2-4,7-10,13-14,23H,5-6,11-12H2,1H3. The molecule has 118 valence electrons. The highest BCUT2D eigenvalue weighted by molar-refractivity contribution is 6.24. The molecule has 0 bridgehead atoms. The van der Waals surface area contributed by atoms with Crippen molar-refractivity contribution in [2.24, 2.45) is 0 Å². The summed E-state index contributed by atoms with van der Waals surface area (Å²) in [5.41, 5.74) is 3.18. The second-order valence-corrected chi connectivity index (χ2v) is 5.92. The van der Waals surface area contributed by atoms with Gasteiger partial charge in [-0.05, 0) is 43.5 Å². The largest absolute Gasteiger partial charge is 0.507 e. The van der Waals surface area contributed by atoms with Gasteiger partial charge in [0, 0.05) is 36.0 Å². The third kappa shape index (κ3) is 3.45. The summed E-state index contributed by atoms with van der Waals surface area (Å²) in [5, 5.41) is 10.3. The maximum atomic E-state index is 12.0. The Balaban J connectivity index is 1.95. The summed E-state index contributed by atoms with van der Waals surface area (Å²) in [4.78, 5) is 14.3. The zero-order chi connectivity index (χ0) is 16.2. The highest BCUT2D eigenvalue weighted by Gasteiger charge is 2.14. The van der Waals surface area contributed by atoms with Crippen molar-refractivity contribution in [1.29, 1.82) is 0 Å². The monoisotopic (exact) mass is 307 g/mol. The van der Waals surface area contributed by atoms with Gasteiger partial charge in [0.15, 0.2) is 5.78 Å². The molecule has 23 heavy (non-hydrogen) atoms. The SMILES string of the molecule is CC(=O)C(=Cc1ccc(N2CCCC2)cc1O)c1ccccc1. The molecule has 1 heterocycles. The Morgan fingerprint density at radius 3 is 2.39 bits per heavy atom. The predicted octanol–water partition coefficient (Wildman–Crippen LogP) is 4.12. The van der Waals surface area contributed by atoms with Crippen LogP contribution >= 0.6 is 0 Å². The molecule has 3 nitrogen and oxygen atoms in total. The van der Waals surface area contributed by atoms with Crippen LogP contribution in [0.4, 0.5) is 5.69 Å². The van der Waals surface area contributed by atoms with Gasteiger partial charge >= 0.3 is 0 Å². The molecule has 0 radical (unpaired) electrons. The number of ketones is 1. The van der Waals surface area contributed by atoms with Gasteiger partial charge in [-0.2, -0.15) is 0 Å². The van der Waals surface area contributed by atoms with E-state index in [1.54, 1.807) is 19.1 Å². The minimum Gasteiger partial charge on any atom is -0.507 e. The Bertz CT molecular complexity index is 729. The number of hydrogen-bond donors (Lipinski definition) is 1. The van der Waals surface area contributed by atoms with E-state index in [0.29, 0.717) is 11.1 Å². The fourth-order valence-electron chi connectivity index (χ4n) is 2.99. The average Bonchev–Trinajstić information content (AvgIpc) is 3.08. The summed E-state index contributed by atoms with van der Waals surface area (Å²) in [6.45, 7) is 3.63. The summed E-state index contributed by atoms with van der Waals surface area (Å²) in [5.74, 6) is 0.198. The first-order valence-electron chi connectivity index (χ1n) is 8.01. The van der Waals surface area contributed by atoms with Crippen LogP contribution in [0, 0.1) is 0 Å². The van der Waals surface area contributed by atoms with Crippen molar-refractivity contribution in [3.63, 3.8) is 0 Å². The van der Waals surface area contributed by atoms with Gasteiger partial charge in [0.2, 0.25) is 0 Å². The fraction of sp³-hybridized carbons (Fsp3) is 0.250. The number of anilines is 1. The number of phenolic OH excluding ortho intramolecular Hbond substituents is 1. The number of allylic oxidation sites excluding steroid dienone is 1. The molecule has 0 spiro atoms. The van der Waals surface area contributed by atoms with Crippen molar-refractivity contribution in [1.82, 2.24) is 0 Å². The molecule has 1 fully saturated rings. The van der Waals surface area contributed by atoms with Gasteiger partial charge in [-0.1, -0.05) is 30.3 Å². The molecular weight excluding hydrogens is 286 g/mol. The smallest absolute Gasteiger partial charge is 0.160 e. The van der Waals surface area contributed by atoms with E-state index in [1.165, 1.54) is 12.8 Å². The van der Waals surface area contributed by atoms with Crippen LogP contribution in [0.15, 0.2) is 48.5 Å². The third-order valence-corrected chi connectivity index (χ3v) is 4.25. The van der Waals surface area contributed by atoms with Crippen LogP contribution in [0.5, 0.6) is 5.75 Å². The molecular formula is C20H21NO2. The summed E-state index contributed by atoms with van der Waals surface area (Å²) >= 11 is 0. The van der Waals surface area contributed by atoms with Crippen LogP contribution in [0.2, 0.25) is 0 Å². The number of carbonyl (C=O) groups is 1. The van der Waals surface area contributed by atoms with Crippen molar-refractivity contribution in [2.45, 2.75) is 19.8 Å². The maximum Gasteiger partial charge on any atom is 0.160 e. The van der Waals surface area contributed by atoms with Crippen molar-refractivity contribution in [2.75, 3.05) is 18.0 Å². The minimum atomic E-state index is -0.0146. The topological polar surface area (TPSA) is 40.5 Å². The van der Waals surface area contributed by atoms with Crippen molar-refractivity contribution in [3.8, 4) is 5.75 Å². The minimum absolute atomic E-state index is 0.0146. The zero-order valence-corrected chi connectivity index (χ0v) is 13.3. The normalized spacial score (nSPS) is 15.0. The highest BCUT2D eigenvalue weighted by Crippen LogP contribution is 2.30. The zero-order valence-electron chi connectivity index (χ0n) is 13.3. The average molecular weight is 307 g/mol. The van der Waals surface area contributed by atoms with Crippen molar-refractivity contribution in [3.05, 3.63) is 59.7 Å². The predicted molar refractivity (Wildman–Crippen MR) is 94.5 cm³/mol. The summed E-state index contributed by atoms with van der Waals surface area (Å²) in [7, 11) is 0. The van der Waals surface area contributed by atoms with Crippen molar-refractivity contribution >= 4 is 23.1 Å². The first-order valence-corrected chi connectivity index (χ1v) is 8.01. The Morgan fingerprint density at radius 1 is 1.09 bits per heavy atom. The van der Waals surface area contributed by atoms with Crippen LogP contribution in [0.1, 0.15) is 30.9 Å². The second kappa shape index (κ2) is 6.69. The van der Waals surface area contributed by atoms with Gasteiger partial charge < -0.3 is 10.0 Å². The van der Waals surface area contributed by atoms with E-state index in [9.17, 15) is 9.90 Å². The van der Waals surface area contributed by atoms with E-state index in [1.807, 2.05) is 42.5 Å². The van der Waals surface area contributed by atoms with E-state index >= 15 is 0 Å². The number of Topliss-reactive ketones (excluding diaryl/α,β-unsaturated/α-hetero) is 1. The number of hydrogen-bond acceptors (Lipinski definition) is 3. The van der Waals surface area contributed by atoms with E-state index in [2.05, 4.69) is 4.90 Å². The van der Waals surface area contributed by atoms with Crippen LogP contribution in [0.3, 0.4) is 0 Å². The summed E-state index contributed by atoms with van der Waals surface area (Å²) in [6.07, 6.45) is 4.16. The second-order valence-electron chi connectivity index (χ2n) is 5.92. The Labute approximate surface area is 136 Å². The van der Waals surface area contributed by atoms with E-state index < -0.39 is 0 Å². The molecule has 1 saturated heterocycles. The van der Waals surface area contributed by atoms with E-state index in [-0.39, 0.29) is 11.5 Å². The third-order valence-electron chi connectivity index (χ3n) is 4.25. The lowest BCUT2D eigenvalue weighted by Crippen LogP contribution is -2.17. The van der Waals surface area contributed by atoms with E-state index in [0.717, 1.165) is 24.3 Å². The lowest BCUT2D eigenvalue weighted by Gasteiger charge is -2.18. The van der Waals surface area contributed by atoms with Gasteiger partial charge in [0.05, 0.1) is 0 Å². The molecule has 2 aromatic rings. The molecule has 1 N–H and O–H groups in total. The Hall–Kier alpha value is -2.55. The Kier molecular flexibility index (Phi) is 4.47. The molecule has 3 rings (SSSR count). The van der Waals surface area contributed by atoms with E-state index in [4.69, 9.17) is 0 Å². The lowest BCUT2D eigenvalue weighted by molar-refractivity contribution is -0.111. The van der Waals surface area contributed by atoms with Gasteiger partial charge in [-0.3, -0.25) is 4.79 Å². The fourth-order valence-corrected chi connectivity index (χ4v) is 2.99. The summed E-state index contributed by atoms with van der Waals surface area (Å²) < 4.78 is 0. The first kappa shape index (κ1) is 15.3. The van der Waals surface area contributed by atoms with Gasteiger partial charge in [-0.25, -0.2) is 0 Å². The van der Waals surface area contributed by atoms with Crippen LogP contribution in [0.25, 0.3) is 11.6 Å². The molecule has 0 saturated carbocycles. The van der Waals surface area contributed by atoms with Crippen molar-refractivity contribution < 1.29 is 9.90 Å². The highest BCUT2D eigenvalue weighted by atomic mass is 16.3. The molecule has 3 heteroatoms. The van der Waals surface area contributed by atoms with Gasteiger partial charge in [0.25, 0.3) is 0 Å². The molecule has 0 aromatic heterocycles. The number of benzene rings is 2. The molecule has 0 atom stereocenters. The quantitative estimate of drug-likeness (QED) is 0.682. The van der Waals surface area contributed by atoms with Gasteiger partial charge in [0.1, 0.15) is 5.75 Å². The summed E-state index contributed by atoms with van der Waals surface area (Å²) in [6, 6.07) is 15.2. The number of carbonyl (C=O) groups excluding carboxylic acids is 1. The molecule has 0 unspecified atom stereocenters. The number of nitrogens with zero attached hydrogens (tertiary/aromatic N) is 1. The maximum absolute atomic E-state index is 12.0. The van der Waals surface area contributed by atoms with Crippen LogP contribution in [-0.2, 0) is 4.79 Å². The first-order chi connectivity index (χ1) is 11.1. The number of aromatic hydroxyl groups is 1. The molecule has 0 aliphatic carbocycles. The lowest BCUT2D eigenvalue weighted by atomic mass is 9.99. The molecule has 1 aliphatic rings. The Morgan fingerprint density at radius 2 is 1.78 bits per heavy atom. The van der Waals surface area contributed by atoms with Crippen LogP contribution < -0.4 is 4.90 Å². The van der Waals surface area contributed by atoms with Gasteiger partial charge in [-0.15, -0.1) is 0 Å². The van der Waals surface area contributed by atoms with Crippen LogP contribution in [-0.4, -0.2) is 24.0 Å². The molecule has 0 amide bonds. The number of rotatable bonds is 4. The molecule has 1 aliphatic heterocycles.